The van der Waals surface area contributed by atoms with Gasteiger partial charge in [-0.15, -0.1) is 0 Å². The molecule has 3 rings (SSSR count). The Morgan fingerprint density at radius 2 is 1.76 bits per heavy atom. The SMILES string of the molecule is CN(C)C(c1cccc(F)c1)C1CCC(O)(Cc2ccccc2)CC1. The molecule has 1 N–H and O–H groups in total. The van der Waals surface area contributed by atoms with Gasteiger partial charge in [-0.1, -0.05) is 42.5 Å². The fourth-order valence-corrected chi connectivity index (χ4v) is 4.33. The Bertz CT molecular complexity index is 677. The summed E-state index contributed by atoms with van der Waals surface area (Å²) >= 11 is 0. The molecule has 1 aliphatic rings. The van der Waals surface area contributed by atoms with Gasteiger partial charge in [0.05, 0.1) is 5.60 Å². The summed E-state index contributed by atoms with van der Waals surface area (Å²) in [7, 11) is 4.11. The maximum Gasteiger partial charge on any atom is 0.123 e. The van der Waals surface area contributed by atoms with Gasteiger partial charge in [-0.25, -0.2) is 4.39 Å². The van der Waals surface area contributed by atoms with E-state index in [2.05, 4.69) is 31.1 Å². The summed E-state index contributed by atoms with van der Waals surface area (Å²) in [5, 5.41) is 11.0. The second-order valence-corrected chi connectivity index (χ2v) is 7.69. The van der Waals surface area contributed by atoms with Gasteiger partial charge in [-0.05, 0) is 69.0 Å². The molecule has 0 heterocycles. The largest absolute Gasteiger partial charge is 0.390 e. The van der Waals surface area contributed by atoms with E-state index in [4.69, 9.17) is 0 Å². The minimum atomic E-state index is -0.614. The van der Waals surface area contributed by atoms with E-state index < -0.39 is 5.60 Å². The first-order valence-electron chi connectivity index (χ1n) is 9.15. The molecule has 3 heteroatoms. The van der Waals surface area contributed by atoms with Crippen LogP contribution in [0.5, 0.6) is 0 Å². The van der Waals surface area contributed by atoms with Gasteiger partial charge in [-0.3, -0.25) is 0 Å². The van der Waals surface area contributed by atoms with Gasteiger partial charge in [0.1, 0.15) is 5.82 Å². The summed E-state index contributed by atoms with van der Waals surface area (Å²) in [5.74, 6) is 0.258. The van der Waals surface area contributed by atoms with Crippen LogP contribution in [0.2, 0.25) is 0 Å². The van der Waals surface area contributed by atoms with E-state index in [0.717, 1.165) is 31.2 Å². The Hall–Kier alpha value is -1.71. The summed E-state index contributed by atoms with van der Waals surface area (Å²) in [6, 6.07) is 17.4. The summed E-state index contributed by atoms with van der Waals surface area (Å²) < 4.78 is 13.7. The van der Waals surface area contributed by atoms with Crippen molar-refractivity contribution in [2.24, 2.45) is 5.92 Å². The monoisotopic (exact) mass is 341 g/mol. The third kappa shape index (κ3) is 4.47. The molecule has 2 aromatic carbocycles. The first-order chi connectivity index (χ1) is 12.0. The normalized spacial score (nSPS) is 25.1. The van der Waals surface area contributed by atoms with Crippen molar-refractivity contribution in [3.05, 3.63) is 71.5 Å². The van der Waals surface area contributed by atoms with Crippen LogP contribution >= 0.6 is 0 Å². The van der Waals surface area contributed by atoms with E-state index in [9.17, 15) is 9.50 Å². The Kier molecular flexibility index (Phi) is 5.55. The third-order valence-electron chi connectivity index (χ3n) is 5.53. The Labute approximate surface area is 150 Å². The predicted molar refractivity (Wildman–Crippen MR) is 99.9 cm³/mol. The summed E-state index contributed by atoms with van der Waals surface area (Å²) in [6.45, 7) is 0. The molecule has 1 aliphatic carbocycles. The molecule has 0 saturated heterocycles. The van der Waals surface area contributed by atoms with E-state index in [1.807, 2.05) is 24.3 Å². The number of hydrogen-bond acceptors (Lipinski definition) is 2. The van der Waals surface area contributed by atoms with Crippen LogP contribution in [0, 0.1) is 11.7 Å². The molecule has 1 atom stereocenters. The number of hydrogen-bond donors (Lipinski definition) is 1. The van der Waals surface area contributed by atoms with Gasteiger partial charge in [0.25, 0.3) is 0 Å². The lowest BCUT2D eigenvalue weighted by Gasteiger charge is -2.41. The molecule has 25 heavy (non-hydrogen) atoms. The second-order valence-electron chi connectivity index (χ2n) is 7.69. The maximum absolute atomic E-state index is 13.7. The number of aliphatic hydroxyl groups is 1. The quantitative estimate of drug-likeness (QED) is 0.860. The minimum Gasteiger partial charge on any atom is -0.390 e. The second kappa shape index (κ2) is 7.67. The smallest absolute Gasteiger partial charge is 0.123 e. The number of nitrogens with zero attached hydrogens (tertiary/aromatic N) is 1. The fraction of sp³-hybridized carbons (Fsp3) is 0.455. The Balaban J connectivity index is 1.69. The molecule has 0 aromatic heterocycles. The lowest BCUT2D eigenvalue weighted by molar-refractivity contribution is -0.0202. The molecule has 0 bridgehead atoms. The molecule has 134 valence electrons. The molecule has 0 amide bonds. The van der Waals surface area contributed by atoms with Crippen LogP contribution < -0.4 is 0 Å². The number of halogens is 1. The maximum atomic E-state index is 13.7. The highest BCUT2D eigenvalue weighted by Crippen LogP contribution is 2.42. The van der Waals surface area contributed by atoms with Crippen molar-refractivity contribution < 1.29 is 9.50 Å². The number of benzene rings is 2. The van der Waals surface area contributed by atoms with Gasteiger partial charge >= 0.3 is 0 Å². The van der Waals surface area contributed by atoms with E-state index in [-0.39, 0.29) is 11.9 Å². The lowest BCUT2D eigenvalue weighted by atomic mass is 9.72. The van der Waals surface area contributed by atoms with Gasteiger partial charge in [0.2, 0.25) is 0 Å². The summed E-state index contributed by atoms with van der Waals surface area (Å²) in [5.41, 5.74) is 1.61. The van der Waals surface area contributed by atoms with Crippen LogP contribution in [-0.2, 0) is 6.42 Å². The summed E-state index contributed by atoms with van der Waals surface area (Å²) in [6.07, 6.45) is 4.23. The molecular formula is C22H28FNO. The summed E-state index contributed by atoms with van der Waals surface area (Å²) in [4.78, 5) is 2.18. The molecule has 0 aliphatic heterocycles. The van der Waals surface area contributed by atoms with Gasteiger partial charge < -0.3 is 10.0 Å². The predicted octanol–water partition coefficient (Wildman–Crippen LogP) is 4.59. The first-order valence-corrected chi connectivity index (χ1v) is 9.15. The average molecular weight is 341 g/mol. The highest BCUT2D eigenvalue weighted by Gasteiger charge is 2.37. The van der Waals surface area contributed by atoms with Gasteiger partial charge in [-0.2, -0.15) is 0 Å². The zero-order valence-electron chi connectivity index (χ0n) is 15.2. The Morgan fingerprint density at radius 3 is 2.36 bits per heavy atom. The molecule has 2 aromatic rings. The minimum absolute atomic E-state index is 0.180. The topological polar surface area (TPSA) is 23.5 Å². The number of rotatable bonds is 5. The van der Waals surface area contributed by atoms with Crippen LogP contribution in [0.1, 0.15) is 42.9 Å². The fourth-order valence-electron chi connectivity index (χ4n) is 4.33. The van der Waals surface area contributed by atoms with E-state index in [1.165, 1.54) is 11.6 Å². The van der Waals surface area contributed by atoms with Crippen LogP contribution in [0.25, 0.3) is 0 Å². The van der Waals surface area contributed by atoms with Crippen molar-refractivity contribution in [1.82, 2.24) is 4.90 Å². The van der Waals surface area contributed by atoms with Crippen molar-refractivity contribution in [3.8, 4) is 0 Å². The molecule has 2 nitrogen and oxygen atoms in total. The van der Waals surface area contributed by atoms with Crippen LogP contribution in [-0.4, -0.2) is 29.7 Å². The standard InChI is InChI=1S/C22H28FNO/c1-24(2)21(19-9-6-10-20(23)15-19)18-11-13-22(25,14-12-18)16-17-7-4-3-5-8-17/h3-10,15,18,21,25H,11-14,16H2,1-2H3. The van der Waals surface area contributed by atoms with Crippen molar-refractivity contribution in [3.63, 3.8) is 0 Å². The van der Waals surface area contributed by atoms with Crippen molar-refractivity contribution in [2.75, 3.05) is 14.1 Å². The molecule has 0 spiro atoms. The van der Waals surface area contributed by atoms with E-state index in [0.29, 0.717) is 12.3 Å². The van der Waals surface area contributed by atoms with Crippen LogP contribution in [0.3, 0.4) is 0 Å². The zero-order valence-corrected chi connectivity index (χ0v) is 15.2. The van der Waals surface area contributed by atoms with Gasteiger partial charge in [0, 0.05) is 12.5 Å². The molecule has 1 unspecified atom stereocenters. The molecule has 1 fully saturated rings. The molecular weight excluding hydrogens is 313 g/mol. The molecule has 0 radical (unpaired) electrons. The zero-order chi connectivity index (χ0) is 17.9. The van der Waals surface area contributed by atoms with E-state index in [1.54, 1.807) is 12.1 Å². The highest BCUT2D eigenvalue weighted by molar-refractivity contribution is 5.22. The van der Waals surface area contributed by atoms with E-state index >= 15 is 0 Å². The van der Waals surface area contributed by atoms with Crippen LogP contribution in [0.15, 0.2) is 54.6 Å². The van der Waals surface area contributed by atoms with Crippen LogP contribution in [0.4, 0.5) is 4.39 Å². The van der Waals surface area contributed by atoms with Crippen molar-refractivity contribution >= 4 is 0 Å². The van der Waals surface area contributed by atoms with Crippen molar-refractivity contribution in [1.29, 1.82) is 0 Å². The first kappa shape index (κ1) is 18.1. The van der Waals surface area contributed by atoms with Crippen molar-refractivity contribution in [2.45, 2.75) is 43.7 Å². The lowest BCUT2D eigenvalue weighted by Crippen LogP contribution is -2.39. The average Bonchev–Trinajstić information content (AvgIpc) is 2.58. The third-order valence-corrected chi connectivity index (χ3v) is 5.53. The van der Waals surface area contributed by atoms with Gasteiger partial charge in [0.15, 0.2) is 0 Å². The highest BCUT2D eigenvalue weighted by atomic mass is 19.1. The molecule has 1 saturated carbocycles. The Morgan fingerprint density at radius 1 is 1.08 bits per heavy atom.